The van der Waals surface area contributed by atoms with Gasteiger partial charge in [0.05, 0.1) is 23.0 Å². The Hall–Kier alpha value is -1.36. The highest BCUT2D eigenvalue weighted by molar-refractivity contribution is 5.95. The van der Waals surface area contributed by atoms with Crippen LogP contribution in [0.3, 0.4) is 0 Å². The van der Waals surface area contributed by atoms with Crippen LogP contribution >= 0.6 is 0 Å². The van der Waals surface area contributed by atoms with Crippen molar-refractivity contribution in [3.05, 3.63) is 17.5 Å². The molecular weight excluding hydrogens is 276 g/mol. The number of hydrogen-bond acceptors (Lipinski definition) is 3. The van der Waals surface area contributed by atoms with Crippen LogP contribution in [0.25, 0.3) is 0 Å². The Bertz CT molecular complexity index is 527. The lowest BCUT2D eigenvalue weighted by molar-refractivity contribution is 0.0633. The molecule has 0 N–H and O–H groups in total. The van der Waals surface area contributed by atoms with Crippen LogP contribution in [0.1, 0.15) is 56.6 Å². The summed E-state index contributed by atoms with van der Waals surface area (Å²) in [6, 6.07) is 0.459. The second kappa shape index (κ2) is 6.41. The van der Waals surface area contributed by atoms with Gasteiger partial charge in [0, 0.05) is 19.1 Å². The van der Waals surface area contributed by atoms with Gasteiger partial charge in [-0.25, -0.2) is 0 Å². The van der Waals surface area contributed by atoms with E-state index in [1.807, 2.05) is 9.58 Å². The number of rotatable bonds is 3. The van der Waals surface area contributed by atoms with Crippen LogP contribution in [0, 0.1) is 0 Å². The average molecular weight is 306 g/mol. The van der Waals surface area contributed by atoms with Crippen LogP contribution in [0.2, 0.25) is 0 Å². The first-order valence-electron chi connectivity index (χ1n) is 8.28. The molecular formula is C17H30N4O. The number of likely N-dealkylation sites (tertiary alicyclic amines) is 1. The van der Waals surface area contributed by atoms with E-state index in [9.17, 15) is 4.79 Å². The number of hydrogen-bond donors (Lipinski definition) is 0. The number of amides is 1. The monoisotopic (exact) mass is 306 g/mol. The summed E-state index contributed by atoms with van der Waals surface area (Å²) in [4.78, 5) is 17.2. The molecule has 1 saturated heterocycles. The molecule has 1 aliphatic heterocycles. The van der Waals surface area contributed by atoms with E-state index in [2.05, 4.69) is 51.8 Å². The fourth-order valence-electron chi connectivity index (χ4n) is 3.20. The van der Waals surface area contributed by atoms with Gasteiger partial charge in [0.1, 0.15) is 0 Å². The Morgan fingerprint density at radius 3 is 2.64 bits per heavy atom. The zero-order valence-corrected chi connectivity index (χ0v) is 14.9. The highest BCUT2D eigenvalue weighted by atomic mass is 16.2. The Morgan fingerprint density at radius 2 is 2.09 bits per heavy atom. The molecule has 5 nitrogen and oxygen atoms in total. The number of likely N-dealkylation sites (N-methyl/N-ethyl adjacent to an activating group) is 1. The molecule has 1 fully saturated rings. The Kier molecular flexibility index (Phi) is 4.95. The SMILES string of the molecule is CCc1c(C(=O)N2CCC[C@@H](N(C)C)C2)cnn1C(C)(C)C. The fraction of sp³-hybridized carbons (Fsp3) is 0.765. The van der Waals surface area contributed by atoms with Gasteiger partial charge in [-0.3, -0.25) is 9.48 Å². The summed E-state index contributed by atoms with van der Waals surface area (Å²) < 4.78 is 1.99. The van der Waals surface area contributed by atoms with Gasteiger partial charge in [0.15, 0.2) is 0 Å². The van der Waals surface area contributed by atoms with Gasteiger partial charge < -0.3 is 9.80 Å². The third kappa shape index (κ3) is 3.35. The van der Waals surface area contributed by atoms with Gasteiger partial charge >= 0.3 is 0 Å². The summed E-state index contributed by atoms with van der Waals surface area (Å²) in [6.07, 6.45) is 4.82. The first-order valence-corrected chi connectivity index (χ1v) is 8.28. The summed E-state index contributed by atoms with van der Waals surface area (Å²) in [5, 5.41) is 4.49. The molecule has 1 aromatic rings. The number of piperidine rings is 1. The Morgan fingerprint density at radius 1 is 1.41 bits per heavy atom. The van der Waals surface area contributed by atoms with Crippen molar-refractivity contribution in [1.29, 1.82) is 0 Å². The maximum Gasteiger partial charge on any atom is 0.257 e. The van der Waals surface area contributed by atoms with Crippen molar-refractivity contribution in [2.24, 2.45) is 0 Å². The van der Waals surface area contributed by atoms with E-state index in [4.69, 9.17) is 0 Å². The van der Waals surface area contributed by atoms with Crippen LogP contribution in [0.5, 0.6) is 0 Å². The highest BCUT2D eigenvalue weighted by Gasteiger charge is 2.29. The standard InChI is InChI=1S/C17H30N4O/c1-7-15-14(11-18-21(15)17(2,3)4)16(22)20-10-8-9-13(12-20)19(5)6/h11,13H,7-10,12H2,1-6H3/t13-/m1/s1. The lowest BCUT2D eigenvalue weighted by Gasteiger charge is -2.36. The quantitative estimate of drug-likeness (QED) is 0.861. The molecule has 124 valence electrons. The number of nitrogens with zero attached hydrogens (tertiary/aromatic N) is 4. The van der Waals surface area contributed by atoms with Crippen LogP contribution in [0.15, 0.2) is 6.20 Å². The molecule has 0 radical (unpaired) electrons. The Balaban J connectivity index is 2.24. The van der Waals surface area contributed by atoms with Gasteiger partial charge in [0.2, 0.25) is 0 Å². The second-order valence-corrected chi connectivity index (χ2v) is 7.45. The topological polar surface area (TPSA) is 41.4 Å². The molecule has 1 amide bonds. The maximum atomic E-state index is 12.9. The molecule has 0 spiro atoms. The van der Waals surface area contributed by atoms with Crippen LogP contribution in [-0.2, 0) is 12.0 Å². The molecule has 0 aromatic carbocycles. The van der Waals surface area contributed by atoms with E-state index >= 15 is 0 Å². The number of carbonyl (C=O) groups excluding carboxylic acids is 1. The summed E-state index contributed by atoms with van der Waals surface area (Å²) >= 11 is 0. The minimum absolute atomic E-state index is 0.0993. The van der Waals surface area contributed by atoms with E-state index in [-0.39, 0.29) is 11.4 Å². The van der Waals surface area contributed by atoms with Crippen LogP contribution < -0.4 is 0 Å². The summed E-state index contributed by atoms with van der Waals surface area (Å²) in [5.41, 5.74) is 1.72. The van der Waals surface area contributed by atoms with Crippen molar-refractivity contribution in [2.45, 2.75) is 58.5 Å². The lowest BCUT2D eigenvalue weighted by atomic mass is 10.0. The van der Waals surface area contributed by atoms with Crippen LogP contribution in [0.4, 0.5) is 0 Å². The zero-order valence-electron chi connectivity index (χ0n) is 14.9. The van der Waals surface area contributed by atoms with Crippen molar-refractivity contribution in [3.8, 4) is 0 Å². The van der Waals surface area contributed by atoms with Crippen molar-refractivity contribution < 1.29 is 4.79 Å². The molecule has 1 aromatic heterocycles. The molecule has 0 unspecified atom stereocenters. The third-order valence-electron chi connectivity index (χ3n) is 4.48. The molecule has 22 heavy (non-hydrogen) atoms. The van der Waals surface area contributed by atoms with Gasteiger partial charge in [0.25, 0.3) is 5.91 Å². The normalized spacial score (nSPS) is 19.8. The number of aromatic nitrogens is 2. The number of carbonyl (C=O) groups is 1. The molecule has 5 heteroatoms. The molecule has 1 atom stereocenters. The molecule has 0 aliphatic carbocycles. The van der Waals surface area contributed by atoms with E-state index in [0.717, 1.165) is 37.2 Å². The van der Waals surface area contributed by atoms with Crippen molar-refractivity contribution >= 4 is 5.91 Å². The summed E-state index contributed by atoms with van der Waals surface area (Å²) in [6.45, 7) is 10.1. The molecule has 1 aliphatic rings. The summed E-state index contributed by atoms with van der Waals surface area (Å²) in [7, 11) is 4.18. The first kappa shape index (κ1) is 17.0. The van der Waals surface area contributed by atoms with Gasteiger partial charge in [-0.15, -0.1) is 0 Å². The molecule has 2 rings (SSSR count). The van der Waals surface area contributed by atoms with E-state index in [1.54, 1.807) is 6.20 Å². The minimum atomic E-state index is -0.0993. The predicted octanol–water partition coefficient (Wildman–Crippen LogP) is 2.37. The highest BCUT2D eigenvalue weighted by Crippen LogP contribution is 2.23. The van der Waals surface area contributed by atoms with E-state index < -0.39 is 0 Å². The van der Waals surface area contributed by atoms with Crippen molar-refractivity contribution in [2.75, 3.05) is 27.2 Å². The fourth-order valence-corrected chi connectivity index (χ4v) is 3.20. The third-order valence-corrected chi connectivity index (χ3v) is 4.48. The van der Waals surface area contributed by atoms with E-state index in [1.165, 1.54) is 6.42 Å². The summed E-state index contributed by atoms with van der Waals surface area (Å²) in [5.74, 6) is 0.138. The Labute approximate surface area is 134 Å². The van der Waals surface area contributed by atoms with Gasteiger partial charge in [-0.2, -0.15) is 5.10 Å². The van der Waals surface area contributed by atoms with Crippen LogP contribution in [-0.4, -0.2) is 58.7 Å². The minimum Gasteiger partial charge on any atom is -0.337 e. The smallest absolute Gasteiger partial charge is 0.257 e. The van der Waals surface area contributed by atoms with Gasteiger partial charge in [-0.1, -0.05) is 6.92 Å². The first-order chi connectivity index (χ1) is 10.3. The largest absolute Gasteiger partial charge is 0.337 e. The lowest BCUT2D eigenvalue weighted by Crippen LogP contribution is -2.47. The zero-order chi connectivity index (χ0) is 16.5. The molecule has 2 heterocycles. The second-order valence-electron chi connectivity index (χ2n) is 7.45. The van der Waals surface area contributed by atoms with E-state index in [0.29, 0.717) is 6.04 Å². The molecule has 0 saturated carbocycles. The van der Waals surface area contributed by atoms with Gasteiger partial charge in [-0.05, 0) is 54.1 Å². The maximum absolute atomic E-state index is 12.9. The average Bonchev–Trinajstić information content (AvgIpc) is 2.90. The van der Waals surface area contributed by atoms with Crippen molar-refractivity contribution in [1.82, 2.24) is 19.6 Å². The molecule has 0 bridgehead atoms. The van der Waals surface area contributed by atoms with Crippen molar-refractivity contribution in [3.63, 3.8) is 0 Å². The predicted molar refractivity (Wildman–Crippen MR) is 89.2 cm³/mol.